The average Bonchev–Trinajstić information content (AvgIpc) is 2.98. The third-order valence-corrected chi connectivity index (χ3v) is 4.70. The quantitative estimate of drug-likeness (QED) is 0.378. The van der Waals surface area contributed by atoms with E-state index in [0.29, 0.717) is 5.69 Å². The molecule has 0 spiro atoms. The Hall–Kier alpha value is -3.00. The van der Waals surface area contributed by atoms with Crippen molar-refractivity contribution in [3.63, 3.8) is 0 Å². The van der Waals surface area contributed by atoms with Crippen molar-refractivity contribution >= 4 is 34.8 Å². The number of aryl methyl sites for hydroxylation is 1. The number of aromatic nitrogens is 1. The van der Waals surface area contributed by atoms with E-state index < -0.39 is 35.7 Å². The van der Waals surface area contributed by atoms with Crippen LogP contribution in [0.3, 0.4) is 0 Å². The van der Waals surface area contributed by atoms with E-state index in [2.05, 4.69) is 10.3 Å². The van der Waals surface area contributed by atoms with E-state index >= 15 is 0 Å². The van der Waals surface area contributed by atoms with Crippen molar-refractivity contribution in [2.75, 3.05) is 0 Å². The summed E-state index contributed by atoms with van der Waals surface area (Å²) in [6.45, 7) is 5.50. The number of carboxylic acids is 1. The topological polar surface area (TPSA) is 142 Å². The molecule has 2 rings (SSSR count). The minimum atomic E-state index is -1.66. The fraction of sp³-hybridized carbons (Fsp3) is 0.400. The van der Waals surface area contributed by atoms with Gasteiger partial charge in [0.2, 0.25) is 0 Å². The number of nitrogens with one attached hydrogen (secondary N) is 2. The van der Waals surface area contributed by atoms with E-state index in [-0.39, 0.29) is 18.6 Å². The van der Waals surface area contributed by atoms with Gasteiger partial charge in [0.05, 0.1) is 6.04 Å². The molecule has 0 fully saturated rings. The molecule has 0 saturated carbocycles. The van der Waals surface area contributed by atoms with Gasteiger partial charge in [-0.1, -0.05) is 32.0 Å². The number of hydrogen-bond donors (Lipinski definition) is 4. The maximum absolute atomic E-state index is 12.8. The van der Waals surface area contributed by atoms with Crippen LogP contribution in [0.5, 0.6) is 0 Å². The molecule has 0 bridgehead atoms. The van der Waals surface area contributed by atoms with Crippen molar-refractivity contribution in [1.29, 1.82) is 0 Å². The van der Waals surface area contributed by atoms with Crippen LogP contribution in [-0.4, -0.2) is 46.1 Å². The molecule has 8 nitrogen and oxygen atoms in total. The molecule has 150 valence electrons. The van der Waals surface area contributed by atoms with Crippen LogP contribution in [0.1, 0.15) is 36.3 Å². The second-order valence-electron chi connectivity index (χ2n) is 7.25. The Morgan fingerprint density at radius 3 is 2.43 bits per heavy atom. The SMILES string of the molecule is Cc1c(C(=O)N[C@@H](CC(C)C)C(=O)[C@H](C=O)C(N)C(=O)O)[nH]c2ccccc12. The lowest BCUT2D eigenvalue weighted by molar-refractivity contribution is -0.144. The molecule has 1 heterocycles. The largest absolute Gasteiger partial charge is 0.480 e. The van der Waals surface area contributed by atoms with E-state index in [9.17, 15) is 19.2 Å². The molecular formula is C20H25N3O5. The molecule has 1 aromatic carbocycles. The van der Waals surface area contributed by atoms with E-state index in [4.69, 9.17) is 10.8 Å². The van der Waals surface area contributed by atoms with Gasteiger partial charge in [-0.2, -0.15) is 0 Å². The lowest BCUT2D eigenvalue weighted by atomic mass is 9.88. The normalized spacial score (nSPS) is 14.5. The summed E-state index contributed by atoms with van der Waals surface area (Å²) in [5.41, 5.74) is 7.32. The Bertz CT molecular complexity index is 902. The summed E-state index contributed by atoms with van der Waals surface area (Å²) >= 11 is 0. The smallest absolute Gasteiger partial charge is 0.321 e. The predicted octanol–water partition coefficient (Wildman–Crippen LogP) is 1.42. The van der Waals surface area contributed by atoms with Crippen LogP contribution in [0.25, 0.3) is 10.9 Å². The number of aliphatic carboxylic acids is 1. The van der Waals surface area contributed by atoms with Gasteiger partial charge in [0.1, 0.15) is 23.9 Å². The first-order valence-corrected chi connectivity index (χ1v) is 9.02. The number of carbonyl (C=O) groups excluding carboxylic acids is 3. The number of aromatic amines is 1. The number of nitrogens with two attached hydrogens (primary N) is 1. The highest BCUT2D eigenvalue weighted by molar-refractivity contribution is 6.06. The standard InChI is InChI=1S/C20H25N3O5/c1-10(2)8-15(18(25)13(9-24)16(21)20(27)28)23-19(26)17-11(3)12-6-4-5-7-14(12)22-17/h4-7,9-10,13,15-16,22H,8,21H2,1-3H3,(H,23,26)(H,27,28)/t13-,15+,16?/m1/s1. The lowest BCUT2D eigenvalue weighted by Crippen LogP contribution is -2.51. The van der Waals surface area contributed by atoms with Gasteiger partial charge in [0.15, 0.2) is 5.78 Å². The zero-order valence-corrected chi connectivity index (χ0v) is 16.1. The van der Waals surface area contributed by atoms with Crippen LogP contribution < -0.4 is 11.1 Å². The first-order chi connectivity index (χ1) is 13.2. The monoisotopic (exact) mass is 387 g/mol. The molecule has 0 aliphatic rings. The first kappa shape index (κ1) is 21.3. The molecule has 3 atom stereocenters. The fourth-order valence-electron chi connectivity index (χ4n) is 3.17. The second kappa shape index (κ2) is 8.79. The Labute approximate surface area is 162 Å². The van der Waals surface area contributed by atoms with Gasteiger partial charge in [0.25, 0.3) is 5.91 Å². The van der Waals surface area contributed by atoms with Gasteiger partial charge in [0, 0.05) is 10.9 Å². The van der Waals surface area contributed by atoms with Crippen molar-refractivity contribution in [3.05, 3.63) is 35.5 Å². The molecule has 1 unspecified atom stereocenters. The number of carboxylic acid groups (broad SMARTS) is 1. The van der Waals surface area contributed by atoms with Crippen LogP contribution in [0, 0.1) is 18.8 Å². The number of fused-ring (bicyclic) bond motifs is 1. The Morgan fingerprint density at radius 2 is 1.89 bits per heavy atom. The van der Waals surface area contributed by atoms with Gasteiger partial charge in [-0.3, -0.25) is 14.4 Å². The van der Waals surface area contributed by atoms with E-state index in [0.717, 1.165) is 16.5 Å². The molecule has 8 heteroatoms. The zero-order chi connectivity index (χ0) is 21.0. The number of para-hydroxylation sites is 1. The van der Waals surface area contributed by atoms with Crippen LogP contribution >= 0.6 is 0 Å². The van der Waals surface area contributed by atoms with Crippen molar-refractivity contribution in [2.45, 2.75) is 39.3 Å². The van der Waals surface area contributed by atoms with Crippen LogP contribution in [-0.2, 0) is 14.4 Å². The number of ketones is 1. The number of H-pyrrole nitrogens is 1. The minimum absolute atomic E-state index is 0.0198. The van der Waals surface area contributed by atoms with Crippen LogP contribution in [0.2, 0.25) is 0 Å². The highest BCUT2D eigenvalue weighted by Gasteiger charge is 2.36. The average molecular weight is 387 g/mol. The van der Waals surface area contributed by atoms with E-state index in [1.165, 1.54) is 0 Å². The third-order valence-electron chi connectivity index (χ3n) is 4.70. The molecule has 0 aliphatic carbocycles. The Kier molecular flexibility index (Phi) is 6.69. The van der Waals surface area contributed by atoms with Crippen LogP contribution in [0.4, 0.5) is 0 Å². The molecule has 5 N–H and O–H groups in total. The zero-order valence-electron chi connectivity index (χ0n) is 16.1. The van der Waals surface area contributed by atoms with Crippen LogP contribution in [0.15, 0.2) is 24.3 Å². The number of Topliss-reactive ketones (excluding diaryl/α,β-unsaturated/α-hetero) is 1. The van der Waals surface area contributed by atoms with Crippen molar-refractivity contribution < 1.29 is 24.3 Å². The summed E-state index contributed by atoms with van der Waals surface area (Å²) in [5.74, 6) is -4.18. The van der Waals surface area contributed by atoms with Crippen molar-refractivity contribution in [2.24, 2.45) is 17.6 Å². The molecule has 2 aromatic rings. The highest BCUT2D eigenvalue weighted by Crippen LogP contribution is 2.22. The van der Waals surface area contributed by atoms with Gasteiger partial charge >= 0.3 is 5.97 Å². The molecule has 1 aromatic heterocycles. The lowest BCUT2D eigenvalue weighted by Gasteiger charge is -2.23. The summed E-state index contributed by atoms with van der Waals surface area (Å²) < 4.78 is 0. The summed E-state index contributed by atoms with van der Waals surface area (Å²) in [5, 5.41) is 12.6. The first-order valence-electron chi connectivity index (χ1n) is 9.02. The fourth-order valence-corrected chi connectivity index (χ4v) is 3.17. The second-order valence-corrected chi connectivity index (χ2v) is 7.25. The van der Waals surface area contributed by atoms with Crippen molar-refractivity contribution in [3.8, 4) is 0 Å². The van der Waals surface area contributed by atoms with E-state index in [1.54, 1.807) is 6.92 Å². The number of benzene rings is 1. The summed E-state index contributed by atoms with van der Waals surface area (Å²) in [7, 11) is 0. The van der Waals surface area contributed by atoms with E-state index in [1.807, 2.05) is 38.1 Å². The van der Waals surface area contributed by atoms with Gasteiger partial charge in [-0.05, 0) is 30.9 Å². The van der Waals surface area contributed by atoms with Gasteiger partial charge in [-0.15, -0.1) is 0 Å². The number of carbonyl (C=O) groups is 4. The molecule has 0 saturated heterocycles. The molecule has 1 amide bonds. The predicted molar refractivity (Wildman–Crippen MR) is 104 cm³/mol. The summed E-state index contributed by atoms with van der Waals surface area (Å²) in [6, 6.07) is 4.73. The summed E-state index contributed by atoms with van der Waals surface area (Å²) in [6.07, 6.45) is 0.481. The molecule has 0 radical (unpaired) electrons. The maximum Gasteiger partial charge on any atom is 0.321 e. The minimum Gasteiger partial charge on any atom is -0.480 e. The number of amides is 1. The molecule has 0 aliphatic heterocycles. The summed E-state index contributed by atoms with van der Waals surface area (Å²) in [4.78, 5) is 51.1. The number of rotatable bonds is 9. The molecular weight excluding hydrogens is 362 g/mol. The molecule has 28 heavy (non-hydrogen) atoms. The highest BCUT2D eigenvalue weighted by atomic mass is 16.4. The Morgan fingerprint density at radius 1 is 1.25 bits per heavy atom. The Balaban J connectivity index is 2.31. The number of hydrogen-bond acceptors (Lipinski definition) is 5. The third kappa shape index (κ3) is 4.45. The van der Waals surface area contributed by atoms with Gasteiger partial charge in [-0.25, -0.2) is 0 Å². The van der Waals surface area contributed by atoms with Gasteiger partial charge < -0.3 is 25.9 Å². The van der Waals surface area contributed by atoms with Crippen molar-refractivity contribution in [1.82, 2.24) is 10.3 Å². The maximum atomic E-state index is 12.8. The number of aldehydes is 1.